The molecular formula is C11H17NO. The Hall–Kier alpha value is -0.530. The van der Waals surface area contributed by atoms with Gasteiger partial charge in [-0.05, 0) is 49.4 Å². The minimum atomic E-state index is 0.168. The van der Waals surface area contributed by atoms with Crippen molar-refractivity contribution >= 4 is 5.91 Å². The van der Waals surface area contributed by atoms with Crippen LogP contribution in [-0.2, 0) is 4.79 Å². The normalized spacial score (nSPS) is 51.3. The first-order valence-electron chi connectivity index (χ1n) is 5.53. The SMILES string of the molecule is CC(=O)N[C@H]1C2CC3[C@@H](CC[C@@H]31)C2. The fourth-order valence-corrected chi connectivity index (χ4v) is 4.23. The predicted molar refractivity (Wildman–Crippen MR) is 50.0 cm³/mol. The summed E-state index contributed by atoms with van der Waals surface area (Å²) in [6.07, 6.45) is 5.60. The average molecular weight is 179 g/mol. The van der Waals surface area contributed by atoms with Crippen LogP contribution in [0.25, 0.3) is 0 Å². The monoisotopic (exact) mass is 179 g/mol. The predicted octanol–water partition coefficient (Wildman–Crippen LogP) is 1.56. The maximum absolute atomic E-state index is 11.0. The van der Waals surface area contributed by atoms with E-state index in [-0.39, 0.29) is 5.91 Å². The van der Waals surface area contributed by atoms with E-state index in [2.05, 4.69) is 5.32 Å². The van der Waals surface area contributed by atoms with Crippen LogP contribution in [0.5, 0.6) is 0 Å². The summed E-state index contributed by atoms with van der Waals surface area (Å²) >= 11 is 0. The summed E-state index contributed by atoms with van der Waals surface area (Å²) in [5, 5.41) is 3.16. The van der Waals surface area contributed by atoms with Crippen molar-refractivity contribution in [2.45, 2.75) is 38.6 Å². The van der Waals surface area contributed by atoms with Crippen LogP contribution < -0.4 is 5.32 Å². The van der Waals surface area contributed by atoms with Crippen LogP contribution >= 0.6 is 0 Å². The number of carbonyl (C=O) groups excluding carboxylic acids is 1. The van der Waals surface area contributed by atoms with Crippen LogP contribution in [0.4, 0.5) is 0 Å². The van der Waals surface area contributed by atoms with Crippen molar-refractivity contribution in [2.75, 3.05) is 0 Å². The van der Waals surface area contributed by atoms with Crippen LogP contribution in [0, 0.1) is 23.7 Å². The summed E-state index contributed by atoms with van der Waals surface area (Å²) in [4.78, 5) is 11.0. The van der Waals surface area contributed by atoms with Crippen molar-refractivity contribution in [3.05, 3.63) is 0 Å². The first-order chi connectivity index (χ1) is 6.25. The molecule has 0 saturated heterocycles. The van der Waals surface area contributed by atoms with Gasteiger partial charge >= 0.3 is 0 Å². The van der Waals surface area contributed by atoms with E-state index in [1.807, 2.05) is 0 Å². The van der Waals surface area contributed by atoms with Crippen molar-refractivity contribution in [3.63, 3.8) is 0 Å². The first-order valence-corrected chi connectivity index (χ1v) is 5.53. The molecule has 1 amide bonds. The zero-order valence-electron chi connectivity index (χ0n) is 8.12. The van der Waals surface area contributed by atoms with Crippen molar-refractivity contribution in [2.24, 2.45) is 23.7 Å². The van der Waals surface area contributed by atoms with Crippen LogP contribution in [0.1, 0.15) is 32.6 Å². The van der Waals surface area contributed by atoms with Gasteiger partial charge in [-0.15, -0.1) is 0 Å². The highest BCUT2D eigenvalue weighted by molar-refractivity contribution is 5.73. The van der Waals surface area contributed by atoms with Gasteiger partial charge in [-0.1, -0.05) is 0 Å². The Labute approximate surface area is 79.1 Å². The van der Waals surface area contributed by atoms with Gasteiger partial charge in [-0.2, -0.15) is 0 Å². The number of fused-ring (bicyclic) bond motifs is 1. The molecule has 3 saturated carbocycles. The number of hydrogen-bond acceptors (Lipinski definition) is 1. The molecule has 5 atom stereocenters. The summed E-state index contributed by atoms with van der Waals surface area (Å²) in [5.41, 5.74) is 0. The van der Waals surface area contributed by atoms with E-state index >= 15 is 0 Å². The Bertz CT molecular complexity index is 248. The highest BCUT2D eigenvalue weighted by Gasteiger charge is 2.55. The van der Waals surface area contributed by atoms with Gasteiger partial charge in [0.15, 0.2) is 0 Å². The quantitative estimate of drug-likeness (QED) is 0.650. The highest BCUT2D eigenvalue weighted by atomic mass is 16.1. The van der Waals surface area contributed by atoms with E-state index in [1.165, 1.54) is 25.7 Å². The lowest BCUT2D eigenvalue weighted by Crippen LogP contribution is -2.42. The average Bonchev–Trinajstić information content (AvgIpc) is 2.60. The smallest absolute Gasteiger partial charge is 0.217 e. The third-order valence-corrected chi connectivity index (χ3v) is 4.55. The molecule has 72 valence electrons. The zero-order chi connectivity index (χ0) is 9.00. The standard InChI is InChI=1S/C11H17NO/c1-6(13)12-11-8-4-7-2-3-9(11)10(7)5-8/h7-11H,2-5H2,1H3,(H,12,13)/t7-,8?,9-,10?,11-/m0/s1. The Morgan fingerprint density at radius 1 is 1.15 bits per heavy atom. The molecule has 0 aliphatic heterocycles. The van der Waals surface area contributed by atoms with Crippen LogP contribution in [-0.4, -0.2) is 11.9 Å². The number of hydrogen-bond donors (Lipinski definition) is 1. The molecule has 3 rings (SSSR count). The molecule has 2 heteroatoms. The number of nitrogens with one attached hydrogen (secondary N) is 1. The second kappa shape index (κ2) is 2.49. The molecule has 2 bridgehead atoms. The van der Waals surface area contributed by atoms with Gasteiger partial charge in [0.05, 0.1) is 0 Å². The number of amides is 1. The fourth-order valence-electron chi connectivity index (χ4n) is 4.23. The first kappa shape index (κ1) is 7.84. The van der Waals surface area contributed by atoms with Gasteiger partial charge in [-0.3, -0.25) is 4.79 Å². The van der Waals surface area contributed by atoms with Crippen molar-refractivity contribution < 1.29 is 4.79 Å². The van der Waals surface area contributed by atoms with Gasteiger partial charge in [-0.25, -0.2) is 0 Å². The molecule has 3 fully saturated rings. The molecule has 3 aliphatic carbocycles. The summed E-state index contributed by atoms with van der Waals surface area (Å²) in [7, 11) is 0. The van der Waals surface area contributed by atoms with Crippen molar-refractivity contribution in [1.82, 2.24) is 5.32 Å². The molecule has 2 nitrogen and oxygen atoms in total. The minimum Gasteiger partial charge on any atom is -0.353 e. The summed E-state index contributed by atoms with van der Waals surface area (Å²) in [6, 6.07) is 0.543. The Kier molecular flexibility index (Phi) is 1.50. The van der Waals surface area contributed by atoms with Gasteiger partial charge in [0.25, 0.3) is 0 Å². The second-order valence-electron chi connectivity index (χ2n) is 5.12. The van der Waals surface area contributed by atoms with Crippen molar-refractivity contribution in [1.29, 1.82) is 0 Å². The molecule has 0 aromatic carbocycles. The Balaban J connectivity index is 1.80. The van der Waals surface area contributed by atoms with E-state index in [0.29, 0.717) is 6.04 Å². The molecule has 0 spiro atoms. The lowest BCUT2D eigenvalue weighted by atomic mass is 9.85. The molecule has 0 radical (unpaired) electrons. The molecule has 1 N–H and O–H groups in total. The summed E-state index contributed by atoms with van der Waals surface area (Å²) in [6.45, 7) is 1.65. The van der Waals surface area contributed by atoms with E-state index in [0.717, 1.165) is 23.7 Å². The van der Waals surface area contributed by atoms with Crippen molar-refractivity contribution in [3.8, 4) is 0 Å². The Morgan fingerprint density at radius 3 is 2.77 bits per heavy atom. The molecule has 0 aromatic rings. The zero-order valence-corrected chi connectivity index (χ0v) is 8.12. The van der Waals surface area contributed by atoms with Gasteiger partial charge in [0.2, 0.25) is 5.91 Å². The molecule has 3 aliphatic rings. The maximum Gasteiger partial charge on any atom is 0.217 e. The van der Waals surface area contributed by atoms with Crippen LogP contribution in [0.3, 0.4) is 0 Å². The van der Waals surface area contributed by atoms with E-state index in [4.69, 9.17) is 0 Å². The van der Waals surface area contributed by atoms with Crippen LogP contribution in [0.2, 0.25) is 0 Å². The van der Waals surface area contributed by atoms with Gasteiger partial charge in [0.1, 0.15) is 0 Å². The molecule has 0 heterocycles. The van der Waals surface area contributed by atoms with Crippen LogP contribution in [0.15, 0.2) is 0 Å². The molecule has 2 unspecified atom stereocenters. The second-order valence-corrected chi connectivity index (χ2v) is 5.12. The third-order valence-electron chi connectivity index (χ3n) is 4.55. The fraction of sp³-hybridized carbons (Fsp3) is 0.909. The largest absolute Gasteiger partial charge is 0.353 e. The number of rotatable bonds is 1. The Morgan fingerprint density at radius 2 is 2.00 bits per heavy atom. The summed E-state index contributed by atoms with van der Waals surface area (Å²) < 4.78 is 0. The minimum absolute atomic E-state index is 0.168. The number of carbonyl (C=O) groups is 1. The van der Waals surface area contributed by atoms with E-state index in [1.54, 1.807) is 6.92 Å². The summed E-state index contributed by atoms with van der Waals surface area (Å²) in [5.74, 6) is 3.84. The topological polar surface area (TPSA) is 29.1 Å². The molecule has 13 heavy (non-hydrogen) atoms. The van der Waals surface area contributed by atoms with E-state index < -0.39 is 0 Å². The lowest BCUT2D eigenvalue weighted by Gasteiger charge is -2.28. The van der Waals surface area contributed by atoms with Gasteiger partial charge < -0.3 is 5.32 Å². The molecular weight excluding hydrogens is 162 g/mol. The lowest BCUT2D eigenvalue weighted by molar-refractivity contribution is -0.120. The highest BCUT2D eigenvalue weighted by Crippen LogP contribution is 2.59. The maximum atomic E-state index is 11.0. The van der Waals surface area contributed by atoms with E-state index in [9.17, 15) is 4.79 Å². The third kappa shape index (κ3) is 0.976. The van der Waals surface area contributed by atoms with Gasteiger partial charge in [0, 0.05) is 13.0 Å². The molecule has 0 aromatic heterocycles.